The third-order valence-electron chi connectivity index (χ3n) is 6.55. The van der Waals surface area contributed by atoms with Gasteiger partial charge in [0.25, 0.3) is 0 Å². The molecule has 1 unspecified atom stereocenters. The number of nitrogens with one attached hydrogen (secondary N) is 1. The Balaban J connectivity index is 1.33. The van der Waals surface area contributed by atoms with Gasteiger partial charge in [0.1, 0.15) is 5.82 Å². The van der Waals surface area contributed by atoms with Crippen LogP contribution in [0.4, 0.5) is 19.0 Å². The van der Waals surface area contributed by atoms with Crippen LogP contribution in [0.5, 0.6) is 0 Å². The van der Waals surface area contributed by atoms with Crippen molar-refractivity contribution in [3.63, 3.8) is 0 Å². The van der Waals surface area contributed by atoms with E-state index in [4.69, 9.17) is 11.6 Å². The Labute approximate surface area is 196 Å². The van der Waals surface area contributed by atoms with Gasteiger partial charge in [0.05, 0.1) is 16.6 Å². The third-order valence-corrected chi connectivity index (χ3v) is 6.83. The zero-order valence-corrected chi connectivity index (χ0v) is 19.1. The van der Waals surface area contributed by atoms with E-state index in [1.165, 1.54) is 18.4 Å². The summed E-state index contributed by atoms with van der Waals surface area (Å²) in [5.74, 6) is 0.229. The first-order chi connectivity index (χ1) is 15.8. The summed E-state index contributed by atoms with van der Waals surface area (Å²) in [6.07, 6.45) is -0.114. The van der Waals surface area contributed by atoms with Gasteiger partial charge >= 0.3 is 6.18 Å². The number of pyridine rings is 1. The van der Waals surface area contributed by atoms with Crippen LogP contribution in [-0.2, 0) is 11.0 Å². The molecule has 9 heteroatoms. The Morgan fingerprint density at radius 1 is 1.12 bits per heavy atom. The summed E-state index contributed by atoms with van der Waals surface area (Å²) in [5, 5.41) is 3.13. The smallest absolute Gasteiger partial charge is 0.355 e. The second-order valence-corrected chi connectivity index (χ2v) is 9.11. The number of alkyl halides is 3. The molecule has 2 fully saturated rings. The van der Waals surface area contributed by atoms with Crippen LogP contribution in [0, 0.1) is 5.92 Å². The maximum atomic E-state index is 12.9. The maximum Gasteiger partial charge on any atom is 0.417 e. The van der Waals surface area contributed by atoms with Gasteiger partial charge in [0.2, 0.25) is 5.91 Å². The standard InChI is InChI=1S/C24H28ClF3N4O/c25-20-14-19(24(26,27)28)15-29-22(20)32-12-8-18(9-13-32)23(33)30-16-21(31-10-4-5-11-31)17-6-2-1-3-7-17/h1-3,6-7,14-15,18,21H,4-5,8-13,16H2,(H,30,33). The van der Waals surface area contributed by atoms with Gasteiger partial charge in [-0.05, 0) is 50.4 Å². The van der Waals surface area contributed by atoms with Crippen molar-refractivity contribution in [1.29, 1.82) is 0 Å². The minimum absolute atomic E-state index is 0.0240. The molecule has 1 amide bonds. The summed E-state index contributed by atoms with van der Waals surface area (Å²) >= 11 is 6.08. The first-order valence-corrected chi connectivity index (χ1v) is 11.7. The zero-order valence-electron chi connectivity index (χ0n) is 18.3. The molecule has 2 aromatic rings. The van der Waals surface area contributed by atoms with E-state index in [2.05, 4.69) is 27.3 Å². The predicted octanol–water partition coefficient (Wildman–Crippen LogP) is 4.92. The number of hydrogen-bond donors (Lipinski definition) is 1. The number of likely N-dealkylation sites (tertiary alicyclic amines) is 1. The molecule has 0 spiro atoms. The summed E-state index contributed by atoms with van der Waals surface area (Å²) in [7, 11) is 0. The average Bonchev–Trinajstić information content (AvgIpc) is 3.34. The topological polar surface area (TPSA) is 48.5 Å². The van der Waals surface area contributed by atoms with E-state index in [0.717, 1.165) is 25.4 Å². The number of amides is 1. The minimum atomic E-state index is -4.48. The number of benzene rings is 1. The number of piperidine rings is 1. The zero-order chi connectivity index (χ0) is 23.4. The Morgan fingerprint density at radius 2 is 1.79 bits per heavy atom. The molecule has 0 bridgehead atoms. The van der Waals surface area contributed by atoms with Gasteiger partial charge in [-0.15, -0.1) is 0 Å². The highest BCUT2D eigenvalue weighted by molar-refractivity contribution is 6.33. The number of carbonyl (C=O) groups is 1. The fourth-order valence-corrected chi connectivity index (χ4v) is 4.99. The molecule has 0 aliphatic carbocycles. The lowest BCUT2D eigenvalue weighted by Gasteiger charge is -2.33. The number of carbonyl (C=O) groups excluding carboxylic acids is 1. The molecule has 33 heavy (non-hydrogen) atoms. The van der Waals surface area contributed by atoms with Crippen LogP contribution >= 0.6 is 11.6 Å². The largest absolute Gasteiger partial charge is 0.417 e. The van der Waals surface area contributed by atoms with Crippen molar-refractivity contribution in [3.05, 3.63) is 58.7 Å². The Bertz CT molecular complexity index is 942. The molecule has 1 N–H and O–H groups in total. The number of halogens is 4. The molecule has 4 rings (SSSR count). The molecule has 1 atom stereocenters. The monoisotopic (exact) mass is 480 g/mol. The van der Waals surface area contributed by atoms with Crippen LogP contribution in [-0.4, -0.2) is 48.5 Å². The maximum absolute atomic E-state index is 12.9. The van der Waals surface area contributed by atoms with Gasteiger partial charge in [0, 0.05) is 31.7 Å². The number of rotatable bonds is 6. The van der Waals surface area contributed by atoms with Gasteiger partial charge in [-0.25, -0.2) is 4.98 Å². The van der Waals surface area contributed by atoms with E-state index >= 15 is 0 Å². The lowest BCUT2D eigenvalue weighted by Crippen LogP contribution is -2.43. The number of aromatic nitrogens is 1. The van der Waals surface area contributed by atoms with Gasteiger partial charge in [-0.2, -0.15) is 13.2 Å². The summed E-state index contributed by atoms with van der Waals surface area (Å²) < 4.78 is 38.6. The van der Waals surface area contributed by atoms with Crippen LogP contribution in [0.1, 0.15) is 42.9 Å². The van der Waals surface area contributed by atoms with Crippen molar-refractivity contribution in [2.24, 2.45) is 5.92 Å². The van der Waals surface area contributed by atoms with Crippen LogP contribution in [0.3, 0.4) is 0 Å². The van der Waals surface area contributed by atoms with E-state index in [1.54, 1.807) is 0 Å². The van der Waals surface area contributed by atoms with E-state index in [0.29, 0.717) is 38.3 Å². The lowest BCUT2D eigenvalue weighted by molar-refractivity contribution is -0.137. The summed E-state index contributed by atoms with van der Waals surface area (Å²) in [6.45, 7) is 3.67. The molecular formula is C24H28ClF3N4O. The van der Waals surface area contributed by atoms with Gasteiger partial charge in [-0.1, -0.05) is 41.9 Å². The summed E-state index contributed by atoms with van der Waals surface area (Å²) in [4.78, 5) is 21.1. The van der Waals surface area contributed by atoms with E-state index in [-0.39, 0.29) is 22.9 Å². The van der Waals surface area contributed by atoms with Crippen molar-refractivity contribution in [2.75, 3.05) is 37.6 Å². The number of hydrogen-bond acceptors (Lipinski definition) is 4. The van der Waals surface area contributed by atoms with Crippen LogP contribution in [0.2, 0.25) is 5.02 Å². The van der Waals surface area contributed by atoms with Gasteiger partial charge in [-0.3, -0.25) is 9.69 Å². The quantitative estimate of drug-likeness (QED) is 0.637. The number of nitrogens with zero attached hydrogens (tertiary/aromatic N) is 3. The number of anilines is 1. The van der Waals surface area contributed by atoms with Gasteiger partial charge < -0.3 is 10.2 Å². The fraction of sp³-hybridized carbons (Fsp3) is 0.500. The summed E-state index contributed by atoms with van der Waals surface area (Å²) in [5.41, 5.74) is 0.342. The second kappa shape index (κ2) is 10.3. The van der Waals surface area contributed by atoms with Crippen molar-refractivity contribution >= 4 is 23.3 Å². The third kappa shape index (κ3) is 5.79. The average molecular weight is 481 g/mol. The molecular weight excluding hydrogens is 453 g/mol. The Hall–Kier alpha value is -2.32. The SMILES string of the molecule is O=C(NCC(c1ccccc1)N1CCCC1)C1CCN(c2ncc(C(F)(F)F)cc2Cl)CC1. The van der Waals surface area contributed by atoms with E-state index < -0.39 is 11.7 Å². The molecule has 2 saturated heterocycles. The van der Waals surface area contributed by atoms with Crippen molar-refractivity contribution in [3.8, 4) is 0 Å². The molecule has 0 saturated carbocycles. The normalized spacial score (nSPS) is 19.0. The highest BCUT2D eigenvalue weighted by atomic mass is 35.5. The minimum Gasteiger partial charge on any atom is -0.355 e. The first kappa shape index (κ1) is 23.8. The van der Waals surface area contributed by atoms with Crippen molar-refractivity contribution in [1.82, 2.24) is 15.2 Å². The second-order valence-electron chi connectivity index (χ2n) is 8.70. The Kier molecular flexibility index (Phi) is 7.44. The highest BCUT2D eigenvalue weighted by Crippen LogP contribution is 2.34. The molecule has 178 valence electrons. The van der Waals surface area contributed by atoms with Crippen LogP contribution < -0.4 is 10.2 Å². The molecule has 3 heterocycles. The molecule has 2 aliphatic rings. The summed E-state index contributed by atoms with van der Waals surface area (Å²) in [6, 6.07) is 11.3. The van der Waals surface area contributed by atoms with Crippen molar-refractivity contribution in [2.45, 2.75) is 37.9 Å². The van der Waals surface area contributed by atoms with Crippen LogP contribution in [0.25, 0.3) is 0 Å². The van der Waals surface area contributed by atoms with Crippen molar-refractivity contribution < 1.29 is 18.0 Å². The van der Waals surface area contributed by atoms with E-state index in [1.807, 2.05) is 23.1 Å². The molecule has 1 aromatic heterocycles. The fourth-order valence-electron chi connectivity index (χ4n) is 4.70. The predicted molar refractivity (Wildman–Crippen MR) is 122 cm³/mol. The molecule has 2 aliphatic heterocycles. The first-order valence-electron chi connectivity index (χ1n) is 11.4. The molecule has 0 radical (unpaired) electrons. The molecule has 1 aromatic carbocycles. The lowest BCUT2D eigenvalue weighted by atomic mass is 9.95. The Morgan fingerprint density at radius 3 is 2.39 bits per heavy atom. The van der Waals surface area contributed by atoms with E-state index in [9.17, 15) is 18.0 Å². The highest BCUT2D eigenvalue weighted by Gasteiger charge is 2.33. The van der Waals surface area contributed by atoms with Crippen LogP contribution in [0.15, 0.2) is 42.6 Å². The molecule has 5 nitrogen and oxygen atoms in total. The van der Waals surface area contributed by atoms with Gasteiger partial charge in [0.15, 0.2) is 0 Å².